The molecule has 3 nitrogen and oxygen atoms in total. The van der Waals surface area contributed by atoms with Gasteiger partial charge in [0.2, 0.25) is 0 Å². The van der Waals surface area contributed by atoms with Gasteiger partial charge in [-0.3, -0.25) is 0 Å². The van der Waals surface area contributed by atoms with Gasteiger partial charge in [-0.25, -0.2) is 4.98 Å². The van der Waals surface area contributed by atoms with Crippen molar-refractivity contribution in [1.29, 1.82) is 0 Å². The number of nitrogens with one attached hydrogen (secondary N) is 1. The molecular formula is C16H27N3S. The average molecular weight is 293 g/mol. The van der Waals surface area contributed by atoms with Gasteiger partial charge in [0.15, 0.2) is 5.13 Å². The van der Waals surface area contributed by atoms with Crippen LogP contribution in [0.1, 0.15) is 69.5 Å². The van der Waals surface area contributed by atoms with Crippen LogP contribution in [0.4, 0.5) is 5.13 Å². The SMILES string of the molecule is CCNC1CCCc2nc(N3C(C)CCC3CC)sc21. The lowest BCUT2D eigenvalue weighted by Crippen LogP contribution is -2.33. The summed E-state index contributed by atoms with van der Waals surface area (Å²) in [5.41, 5.74) is 1.37. The van der Waals surface area contributed by atoms with Crippen molar-refractivity contribution in [2.75, 3.05) is 11.4 Å². The first-order valence-electron chi connectivity index (χ1n) is 8.25. The lowest BCUT2D eigenvalue weighted by molar-refractivity contribution is 0.476. The third-order valence-electron chi connectivity index (χ3n) is 4.87. The second-order valence-corrected chi connectivity index (χ2v) is 7.21. The van der Waals surface area contributed by atoms with Gasteiger partial charge in [-0.2, -0.15) is 0 Å². The summed E-state index contributed by atoms with van der Waals surface area (Å²) < 4.78 is 0. The predicted molar refractivity (Wildman–Crippen MR) is 86.7 cm³/mol. The summed E-state index contributed by atoms with van der Waals surface area (Å²) in [6.45, 7) is 7.92. The Kier molecular flexibility index (Phi) is 4.32. The standard InChI is InChI=1S/C16H27N3S/c1-4-12-10-9-11(3)19(12)16-18-14-8-6-7-13(17-5-2)15(14)20-16/h11-13,17H,4-10H2,1-3H3. The number of rotatable bonds is 4. The largest absolute Gasteiger partial charge is 0.342 e. The summed E-state index contributed by atoms with van der Waals surface area (Å²) in [6.07, 6.45) is 7.62. The van der Waals surface area contributed by atoms with E-state index >= 15 is 0 Å². The summed E-state index contributed by atoms with van der Waals surface area (Å²) in [7, 11) is 0. The molecular weight excluding hydrogens is 266 g/mol. The van der Waals surface area contributed by atoms with Gasteiger partial charge in [0.1, 0.15) is 0 Å². The molecule has 4 heteroatoms. The van der Waals surface area contributed by atoms with Crippen molar-refractivity contribution in [2.45, 2.75) is 77.4 Å². The van der Waals surface area contributed by atoms with Crippen molar-refractivity contribution >= 4 is 16.5 Å². The maximum Gasteiger partial charge on any atom is 0.186 e. The van der Waals surface area contributed by atoms with E-state index in [0.29, 0.717) is 18.1 Å². The number of anilines is 1. The zero-order valence-corrected chi connectivity index (χ0v) is 13.8. The molecule has 3 atom stereocenters. The topological polar surface area (TPSA) is 28.2 Å². The second-order valence-electron chi connectivity index (χ2n) is 6.21. The molecule has 2 aliphatic rings. The lowest BCUT2D eigenvalue weighted by Gasteiger charge is -2.27. The summed E-state index contributed by atoms with van der Waals surface area (Å²) in [6, 6.07) is 1.91. The fourth-order valence-corrected chi connectivity index (χ4v) is 5.17. The average Bonchev–Trinajstić information content (AvgIpc) is 3.02. The fourth-order valence-electron chi connectivity index (χ4n) is 3.78. The molecule has 0 spiro atoms. The summed E-state index contributed by atoms with van der Waals surface area (Å²) in [4.78, 5) is 9.14. The molecule has 1 saturated heterocycles. The molecule has 0 radical (unpaired) electrons. The van der Waals surface area contributed by atoms with Crippen LogP contribution in [0.5, 0.6) is 0 Å². The smallest absolute Gasteiger partial charge is 0.186 e. The number of aryl methyl sites for hydroxylation is 1. The molecule has 1 N–H and O–H groups in total. The summed E-state index contributed by atoms with van der Waals surface area (Å²) >= 11 is 1.96. The highest BCUT2D eigenvalue weighted by Gasteiger charge is 2.33. The monoisotopic (exact) mass is 293 g/mol. The van der Waals surface area contributed by atoms with Crippen molar-refractivity contribution in [3.8, 4) is 0 Å². The minimum Gasteiger partial charge on any atom is -0.342 e. The van der Waals surface area contributed by atoms with E-state index in [1.54, 1.807) is 0 Å². The number of aromatic nitrogens is 1. The quantitative estimate of drug-likeness (QED) is 0.912. The second kappa shape index (κ2) is 6.02. The van der Waals surface area contributed by atoms with E-state index < -0.39 is 0 Å². The van der Waals surface area contributed by atoms with E-state index in [9.17, 15) is 0 Å². The van der Waals surface area contributed by atoms with Gasteiger partial charge < -0.3 is 10.2 Å². The van der Waals surface area contributed by atoms with Gasteiger partial charge in [-0.15, -0.1) is 0 Å². The van der Waals surface area contributed by atoms with Crippen LogP contribution in [0.2, 0.25) is 0 Å². The highest BCUT2D eigenvalue weighted by atomic mass is 32.1. The van der Waals surface area contributed by atoms with E-state index in [4.69, 9.17) is 4.98 Å². The first-order chi connectivity index (χ1) is 9.74. The Morgan fingerprint density at radius 2 is 2.15 bits per heavy atom. The number of nitrogens with zero attached hydrogens (tertiary/aromatic N) is 2. The third-order valence-corrected chi connectivity index (χ3v) is 6.09. The Morgan fingerprint density at radius 3 is 2.90 bits per heavy atom. The van der Waals surface area contributed by atoms with Crippen LogP contribution >= 0.6 is 11.3 Å². The molecule has 20 heavy (non-hydrogen) atoms. The first kappa shape index (κ1) is 14.3. The van der Waals surface area contributed by atoms with E-state index in [1.165, 1.54) is 54.2 Å². The molecule has 2 heterocycles. The van der Waals surface area contributed by atoms with Crippen LogP contribution in [-0.2, 0) is 6.42 Å². The maximum atomic E-state index is 5.02. The molecule has 112 valence electrons. The lowest BCUT2D eigenvalue weighted by atomic mass is 9.98. The van der Waals surface area contributed by atoms with Crippen LogP contribution < -0.4 is 10.2 Å². The molecule has 0 saturated carbocycles. The number of hydrogen-bond donors (Lipinski definition) is 1. The molecule has 1 aliphatic heterocycles. The van der Waals surface area contributed by atoms with Crippen molar-refractivity contribution in [2.24, 2.45) is 0 Å². The van der Waals surface area contributed by atoms with Crippen molar-refractivity contribution < 1.29 is 0 Å². The van der Waals surface area contributed by atoms with Crippen LogP contribution in [0.15, 0.2) is 0 Å². The Morgan fingerprint density at radius 1 is 1.30 bits per heavy atom. The van der Waals surface area contributed by atoms with E-state index in [0.717, 1.165) is 6.54 Å². The molecule has 0 amide bonds. The van der Waals surface area contributed by atoms with Crippen LogP contribution in [-0.4, -0.2) is 23.6 Å². The van der Waals surface area contributed by atoms with Crippen LogP contribution in [0, 0.1) is 0 Å². The molecule has 1 aliphatic carbocycles. The molecule has 3 unspecified atom stereocenters. The predicted octanol–water partition coefficient (Wildman–Crippen LogP) is 3.90. The Hall–Kier alpha value is -0.610. The Labute approximate surface area is 126 Å². The van der Waals surface area contributed by atoms with Gasteiger partial charge in [0, 0.05) is 23.0 Å². The fraction of sp³-hybridized carbons (Fsp3) is 0.812. The molecule has 0 bridgehead atoms. The molecule has 1 aromatic rings. The molecule has 0 aromatic carbocycles. The zero-order chi connectivity index (χ0) is 14.1. The first-order valence-corrected chi connectivity index (χ1v) is 9.07. The minimum atomic E-state index is 0.549. The number of hydrogen-bond acceptors (Lipinski definition) is 4. The number of thiazole rings is 1. The van der Waals surface area contributed by atoms with Gasteiger partial charge in [0.05, 0.1) is 5.69 Å². The Bertz CT molecular complexity index is 457. The van der Waals surface area contributed by atoms with E-state index in [-0.39, 0.29) is 0 Å². The highest BCUT2D eigenvalue weighted by molar-refractivity contribution is 7.15. The highest BCUT2D eigenvalue weighted by Crippen LogP contribution is 2.41. The van der Waals surface area contributed by atoms with Crippen molar-refractivity contribution in [3.63, 3.8) is 0 Å². The maximum absolute atomic E-state index is 5.02. The summed E-state index contributed by atoms with van der Waals surface area (Å²) in [5.74, 6) is 0. The molecule has 1 aromatic heterocycles. The molecule has 1 fully saturated rings. The van der Waals surface area contributed by atoms with Crippen LogP contribution in [0.3, 0.4) is 0 Å². The number of fused-ring (bicyclic) bond motifs is 1. The normalized spacial score (nSPS) is 29.8. The van der Waals surface area contributed by atoms with E-state index in [2.05, 4.69) is 31.0 Å². The summed E-state index contributed by atoms with van der Waals surface area (Å²) in [5, 5.41) is 4.92. The van der Waals surface area contributed by atoms with Gasteiger partial charge >= 0.3 is 0 Å². The molecule has 3 rings (SSSR count). The Balaban J connectivity index is 1.88. The van der Waals surface area contributed by atoms with Gasteiger partial charge in [-0.1, -0.05) is 25.2 Å². The van der Waals surface area contributed by atoms with Crippen molar-refractivity contribution in [3.05, 3.63) is 10.6 Å². The van der Waals surface area contributed by atoms with Gasteiger partial charge in [0.25, 0.3) is 0 Å². The third kappa shape index (κ3) is 2.48. The van der Waals surface area contributed by atoms with E-state index in [1.807, 2.05) is 11.3 Å². The minimum absolute atomic E-state index is 0.549. The van der Waals surface area contributed by atoms with Gasteiger partial charge in [-0.05, 0) is 52.0 Å². The van der Waals surface area contributed by atoms with Crippen molar-refractivity contribution in [1.82, 2.24) is 10.3 Å². The van der Waals surface area contributed by atoms with Crippen LogP contribution in [0.25, 0.3) is 0 Å². The zero-order valence-electron chi connectivity index (χ0n) is 13.0.